The van der Waals surface area contributed by atoms with Gasteiger partial charge in [-0.1, -0.05) is 30.3 Å². The molecule has 2 aliphatic rings. The van der Waals surface area contributed by atoms with Crippen LogP contribution >= 0.6 is 0 Å². The van der Waals surface area contributed by atoms with Crippen molar-refractivity contribution in [3.8, 4) is 0 Å². The monoisotopic (exact) mass is 477 g/mol. The number of sulfonamides is 1. The molecule has 2 aromatic rings. The lowest BCUT2D eigenvalue weighted by Gasteiger charge is -2.32. The van der Waals surface area contributed by atoms with Crippen molar-refractivity contribution in [3.63, 3.8) is 0 Å². The third-order valence-electron chi connectivity index (χ3n) is 6.57. The first-order valence-electron chi connectivity index (χ1n) is 11.4. The Morgan fingerprint density at radius 3 is 2.33 bits per heavy atom. The van der Waals surface area contributed by atoms with Crippen molar-refractivity contribution in [1.82, 2.24) is 14.5 Å². The van der Waals surface area contributed by atoms with E-state index in [0.29, 0.717) is 25.5 Å². The van der Waals surface area contributed by atoms with E-state index in [9.17, 15) is 22.0 Å². The van der Waals surface area contributed by atoms with E-state index in [-0.39, 0.29) is 31.0 Å². The van der Waals surface area contributed by atoms with Gasteiger partial charge in [-0.3, -0.25) is 9.69 Å². The zero-order valence-corrected chi connectivity index (χ0v) is 19.2. The van der Waals surface area contributed by atoms with E-state index in [1.165, 1.54) is 0 Å². The van der Waals surface area contributed by atoms with E-state index < -0.39 is 26.6 Å². The van der Waals surface area contributed by atoms with Gasteiger partial charge in [0, 0.05) is 25.6 Å². The lowest BCUT2D eigenvalue weighted by atomic mass is 9.97. The van der Waals surface area contributed by atoms with Gasteiger partial charge < -0.3 is 5.32 Å². The Bertz CT molecular complexity index is 1070. The van der Waals surface area contributed by atoms with Gasteiger partial charge >= 0.3 is 0 Å². The number of carbonyl (C=O) groups is 1. The second-order valence-electron chi connectivity index (χ2n) is 8.67. The molecule has 2 aromatic carbocycles. The molecule has 0 aromatic heterocycles. The van der Waals surface area contributed by atoms with E-state index in [4.69, 9.17) is 0 Å². The summed E-state index contributed by atoms with van der Waals surface area (Å²) in [4.78, 5) is 14.6. The number of benzene rings is 2. The summed E-state index contributed by atoms with van der Waals surface area (Å²) in [5.41, 5.74) is 1.16. The van der Waals surface area contributed by atoms with E-state index in [1.807, 2.05) is 18.2 Å². The number of nitrogens with one attached hydrogen (secondary N) is 1. The Labute approximate surface area is 193 Å². The third kappa shape index (κ3) is 5.42. The summed E-state index contributed by atoms with van der Waals surface area (Å²) in [7, 11) is -4.16. The molecule has 0 aliphatic carbocycles. The zero-order chi connectivity index (χ0) is 23.4. The van der Waals surface area contributed by atoms with Crippen molar-refractivity contribution < 1.29 is 22.0 Å². The van der Waals surface area contributed by atoms with Crippen LogP contribution in [-0.2, 0) is 14.8 Å². The number of amides is 1. The second kappa shape index (κ2) is 10.3. The van der Waals surface area contributed by atoms with Crippen LogP contribution in [0.3, 0.4) is 0 Å². The van der Waals surface area contributed by atoms with E-state index in [1.54, 1.807) is 0 Å². The lowest BCUT2D eigenvalue weighted by Crippen LogP contribution is -2.44. The molecule has 1 N–H and O–H groups in total. The fourth-order valence-corrected chi connectivity index (χ4v) is 6.25. The van der Waals surface area contributed by atoms with Crippen molar-refractivity contribution in [3.05, 3.63) is 65.7 Å². The molecule has 2 heterocycles. The highest BCUT2D eigenvalue weighted by molar-refractivity contribution is 7.89. The summed E-state index contributed by atoms with van der Waals surface area (Å²) in [6, 6.07) is 12.6. The van der Waals surface area contributed by atoms with Gasteiger partial charge in [0.15, 0.2) is 0 Å². The van der Waals surface area contributed by atoms with Gasteiger partial charge in [0.25, 0.3) is 0 Å². The van der Waals surface area contributed by atoms with Gasteiger partial charge in [-0.25, -0.2) is 17.2 Å². The maximum Gasteiger partial charge on any atom is 0.246 e. The maximum absolute atomic E-state index is 14.0. The number of nitrogens with zero attached hydrogens (tertiary/aromatic N) is 2. The average Bonchev–Trinajstić information content (AvgIpc) is 3.36. The fourth-order valence-electron chi connectivity index (χ4n) is 4.70. The number of likely N-dealkylation sites (tertiary alicyclic amines) is 1. The van der Waals surface area contributed by atoms with Crippen molar-refractivity contribution in [2.24, 2.45) is 5.92 Å². The molecular formula is C24H29F2N3O3S. The maximum atomic E-state index is 14.0. The minimum Gasteiger partial charge on any atom is -0.354 e. The number of carbonyl (C=O) groups excluding carboxylic acids is 1. The smallest absolute Gasteiger partial charge is 0.246 e. The summed E-state index contributed by atoms with van der Waals surface area (Å²) in [5.74, 6) is -2.20. The van der Waals surface area contributed by atoms with Gasteiger partial charge in [0.2, 0.25) is 15.9 Å². The Kier molecular flexibility index (Phi) is 7.41. The first-order chi connectivity index (χ1) is 15.9. The van der Waals surface area contributed by atoms with Gasteiger partial charge in [-0.15, -0.1) is 0 Å². The third-order valence-corrected chi connectivity index (χ3v) is 8.48. The molecule has 2 fully saturated rings. The van der Waals surface area contributed by atoms with Gasteiger partial charge in [-0.05, 0) is 62.5 Å². The molecule has 1 atom stereocenters. The molecule has 178 valence electrons. The molecule has 2 saturated heterocycles. The van der Waals surface area contributed by atoms with Crippen molar-refractivity contribution in [1.29, 1.82) is 0 Å². The standard InChI is InChI=1S/C24H29F2N3O3S/c25-20-8-9-21(26)23(16-20)33(31,32)29-14-10-19(11-15-29)24(30)27-17-22(28-12-4-5-13-28)18-6-2-1-3-7-18/h1-3,6-9,16,19,22H,4-5,10-15,17H2,(H,27,30)/t22-/m0/s1. The normalized spacial score (nSPS) is 19.5. The zero-order valence-electron chi connectivity index (χ0n) is 18.4. The molecule has 0 spiro atoms. The molecule has 9 heteroatoms. The Morgan fingerprint density at radius 2 is 1.67 bits per heavy atom. The van der Waals surface area contributed by atoms with Crippen molar-refractivity contribution >= 4 is 15.9 Å². The van der Waals surface area contributed by atoms with Crippen LogP contribution in [0, 0.1) is 17.6 Å². The minimum atomic E-state index is -4.16. The van der Waals surface area contributed by atoms with Gasteiger partial charge in [0.1, 0.15) is 16.5 Å². The Morgan fingerprint density at radius 1 is 1.00 bits per heavy atom. The lowest BCUT2D eigenvalue weighted by molar-refractivity contribution is -0.126. The van der Waals surface area contributed by atoms with Gasteiger partial charge in [0.05, 0.1) is 6.04 Å². The Balaban J connectivity index is 1.35. The molecule has 4 rings (SSSR count). The molecule has 0 bridgehead atoms. The molecule has 6 nitrogen and oxygen atoms in total. The number of piperidine rings is 1. The minimum absolute atomic E-state index is 0.0879. The number of hydrogen-bond donors (Lipinski definition) is 1. The van der Waals surface area contributed by atoms with Gasteiger partial charge in [-0.2, -0.15) is 4.31 Å². The molecule has 33 heavy (non-hydrogen) atoms. The summed E-state index contributed by atoms with van der Waals surface area (Å²) < 4.78 is 54.2. The van der Waals surface area contributed by atoms with Crippen LogP contribution in [0.1, 0.15) is 37.3 Å². The predicted molar refractivity (Wildman–Crippen MR) is 121 cm³/mol. The highest BCUT2D eigenvalue weighted by Gasteiger charge is 2.34. The van der Waals surface area contributed by atoms with E-state index in [2.05, 4.69) is 22.3 Å². The van der Waals surface area contributed by atoms with Crippen LogP contribution < -0.4 is 5.32 Å². The van der Waals surface area contributed by atoms with Crippen LogP contribution in [0.4, 0.5) is 8.78 Å². The first-order valence-corrected chi connectivity index (χ1v) is 12.8. The molecule has 0 unspecified atom stereocenters. The first kappa shape index (κ1) is 23.8. The predicted octanol–water partition coefficient (Wildman–Crippen LogP) is 3.32. The summed E-state index contributed by atoms with van der Waals surface area (Å²) >= 11 is 0. The van der Waals surface area contributed by atoms with Crippen LogP contribution in [0.15, 0.2) is 53.4 Å². The second-order valence-corrected chi connectivity index (χ2v) is 10.6. The molecule has 0 radical (unpaired) electrons. The quantitative estimate of drug-likeness (QED) is 0.664. The molecule has 2 aliphatic heterocycles. The van der Waals surface area contributed by atoms with Crippen LogP contribution in [0.2, 0.25) is 0 Å². The number of hydrogen-bond acceptors (Lipinski definition) is 4. The van der Waals surface area contributed by atoms with Crippen LogP contribution in [-0.4, -0.2) is 56.3 Å². The largest absolute Gasteiger partial charge is 0.354 e. The van der Waals surface area contributed by atoms with E-state index in [0.717, 1.165) is 47.9 Å². The molecule has 1 amide bonds. The highest BCUT2D eigenvalue weighted by Crippen LogP contribution is 2.27. The molecule has 0 saturated carbocycles. The summed E-state index contributed by atoms with van der Waals surface area (Å²) in [6.07, 6.45) is 2.97. The van der Waals surface area contributed by atoms with Crippen molar-refractivity contribution in [2.75, 3.05) is 32.7 Å². The number of halogens is 2. The summed E-state index contributed by atoms with van der Waals surface area (Å²) in [6.45, 7) is 2.68. The highest BCUT2D eigenvalue weighted by atomic mass is 32.2. The van der Waals surface area contributed by atoms with Crippen LogP contribution in [0.25, 0.3) is 0 Å². The summed E-state index contributed by atoms with van der Waals surface area (Å²) in [5, 5.41) is 3.07. The Hall–Kier alpha value is -2.36. The van der Waals surface area contributed by atoms with Crippen LogP contribution in [0.5, 0.6) is 0 Å². The SMILES string of the molecule is O=C(NC[C@@H](c1ccccc1)N1CCCC1)C1CCN(S(=O)(=O)c2cc(F)ccc2F)CC1. The molecular weight excluding hydrogens is 448 g/mol. The van der Waals surface area contributed by atoms with E-state index >= 15 is 0 Å². The van der Waals surface area contributed by atoms with Crippen molar-refractivity contribution in [2.45, 2.75) is 36.6 Å². The fraction of sp³-hybridized carbons (Fsp3) is 0.458. The topological polar surface area (TPSA) is 69.7 Å². The average molecular weight is 478 g/mol. The number of rotatable bonds is 7.